The summed E-state index contributed by atoms with van der Waals surface area (Å²) < 4.78 is 11.3. The summed E-state index contributed by atoms with van der Waals surface area (Å²) in [6, 6.07) is 20.8. The fraction of sp³-hybridized carbons (Fsp3) is 0.489. The maximum absolute atomic E-state index is 13.6. The third kappa shape index (κ3) is 8.18. The Balaban J connectivity index is 1.03. The first-order chi connectivity index (χ1) is 27.2. The largest absolute Gasteiger partial charge is 0.444 e. The molecular formula is C47H57N5O5. The number of hydrogen-bond acceptors (Lipinski definition) is 6. The molecule has 300 valence electrons. The fourth-order valence-electron chi connectivity index (χ4n) is 9.57. The molecule has 4 aliphatic rings. The second-order valence-corrected chi connectivity index (χ2v) is 18.7. The molecule has 3 aromatic carbocycles. The van der Waals surface area contributed by atoms with Crippen molar-refractivity contribution in [2.24, 2.45) is 5.41 Å². The second kappa shape index (κ2) is 15.0. The van der Waals surface area contributed by atoms with Gasteiger partial charge in [-0.05, 0) is 149 Å². The van der Waals surface area contributed by atoms with Crippen molar-refractivity contribution in [3.05, 3.63) is 83.8 Å². The number of nitrogens with zero attached hydrogens (tertiary/aromatic N) is 3. The number of H-pyrrole nitrogens is 1. The van der Waals surface area contributed by atoms with Crippen LogP contribution in [0.15, 0.2) is 66.9 Å². The molecule has 10 nitrogen and oxygen atoms in total. The number of imidazole rings is 1. The lowest BCUT2D eigenvalue weighted by atomic mass is 9.82. The van der Waals surface area contributed by atoms with Crippen LogP contribution in [-0.4, -0.2) is 68.2 Å². The summed E-state index contributed by atoms with van der Waals surface area (Å²) in [6.07, 6.45) is 11.5. The van der Waals surface area contributed by atoms with Gasteiger partial charge in [-0.2, -0.15) is 0 Å². The molecule has 0 radical (unpaired) electrons. The van der Waals surface area contributed by atoms with Gasteiger partial charge in [0.05, 0.1) is 17.9 Å². The molecule has 0 bridgehead atoms. The number of carbonyl (C=O) groups excluding carboxylic acids is 3. The van der Waals surface area contributed by atoms with Crippen molar-refractivity contribution in [2.75, 3.05) is 18.4 Å². The quantitative estimate of drug-likeness (QED) is 0.202. The molecule has 0 unspecified atom stereocenters. The number of fused-ring (bicyclic) bond motifs is 1. The van der Waals surface area contributed by atoms with Crippen molar-refractivity contribution in [2.45, 2.75) is 129 Å². The van der Waals surface area contributed by atoms with Crippen LogP contribution in [0.5, 0.6) is 0 Å². The topological polar surface area (TPSA) is 117 Å². The monoisotopic (exact) mass is 771 g/mol. The Kier molecular flexibility index (Phi) is 10.2. The molecule has 10 heteroatoms. The highest BCUT2D eigenvalue weighted by molar-refractivity contribution is 5.97. The van der Waals surface area contributed by atoms with E-state index in [9.17, 15) is 14.4 Å². The predicted octanol–water partition coefficient (Wildman–Crippen LogP) is 10.5. The minimum atomic E-state index is -0.624. The van der Waals surface area contributed by atoms with Crippen molar-refractivity contribution < 1.29 is 23.9 Å². The third-order valence-electron chi connectivity index (χ3n) is 12.1. The molecule has 2 atom stereocenters. The van der Waals surface area contributed by atoms with Gasteiger partial charge < -0.3 is 19.8 Å². The average molecular weight is 772 g/mol. The summed E-state index contributed by atoms with van der Waals surface area (Å²) in [6.45, 7) is 12.4. The van der Waals surface area contributed by atoms with E-state index in [1.807, 2.05) is 59.9 Å². The van der Waals surface area contributed by atoms with E-state index in [1.165, 1.54) is 53.5 Å². The van der Waals surface area contributed by atoms with E-state index in [-0.39, 0.29) is 18.0 Å². The molecule has 1 aromatic heterocycles. The first-order valence-electron chi connectivity index (χ1n) is 20.9. The van der Waals surface area contributed by atoms with Crippen LogP contribution in [0.2, 0.25) is 0 Å². The summed E-state index contributed by atoms with van der Waals surface area (Å²) in [5.74, 6) is 0.606. The summed E-state index contributed by atoms with van der Waals surface area (Å²) >= 11 is 0. The lowest BCUT2D eigenvalue weighted by Crippen LogP contribution is -2.45. The van der Waals surface area contributed by atoms with Gasteiger partial charge in [0.2, 0.25) is 5.91 Å². The van der Waals surface area contributed by atoms with Gasteiger partial charge in [0.1, 0.15) is 23.1 Å². The van der Waals surface area contributed by atoms with Crippen LogP contribution in [0.1, 0.15) is 116 Å². The zero-order valence-corrected chi connectivity index (χ0v) is 34.4. The van der Waals surface area contributed by atoms with Crippen LogP contribution in [0.25, 0.3) is 33.5 Å². The average Bonchev–Trinajstić information content (AvgIpc) is 4.00. The summed E-state index contributed by atoms with van der Waals surface area (Å²) in [5, 5.41) is 3.13. The third-order valence-corrected chi connectivity index (χ3v) is 12.1. The molecule has 2 aliphatic carbocycles. The zero-order valence-electron chi connectivity index (χ0n) is 34.4. The highest BCUT2D eigenvalue weighted by atomic mass is 16.6. The van der Waals surface area contributed by atoms with E-state index in [0.717, 1.165) is 60.4 Å². The van der Waals surface area contributed by atoms with Crippen LogP contribution < -0.4 is 5.32 Å². The van der Waals surface area contributed by atoms with Crippen LogP contribution in [-0.2, 0) is 27.1 Å². The minimum Gasteiger partial charge on any atom is -0.444 e. The lowest BCUT2D eigenvalue weighted by Gasteiger charge is -2.28. The van der Waals surface area contributed by atoms with E-state index >= 15 is 0 Å². The van der Waals surface area contributed by atoms with Crippen molar-refractivity contribution in [3.63, 3.8) is 0 Å². The van der Waals surface area contributed by atoms with Gasteiger partial charge in [0.25, 0.3) is 0 Å². The van der Waals surface area contributed by atoms with Crippen LogP contribution in [0, 0.1) is 5.41 Å². The van der Waals surface area contributed by atoms with Gasteiger partial charge in [-0.15, -0.1) is 0 Å². The Morgan fingerprint density at radius 3 is 2.00 bits per heavy atom. The van der Waals surface area contributed by atoms with Gasteiger partial charge in [0.15, 0.2) is 0 Å². The van der Waals surface area contributed by atoms with Crippen molar-refractivity contribution in [1.82, 2.24) is 19.8 Å². The number of benzene rings is 3. The molecule has 4 aromatic rings. The standard InChI is InChI=1S/C47H57N5O5/c1-45(2,3)56-43(54)51-24-10-14-39(51)41-48-29-38(50-41)31-18-16-30(17-19-31)34-20-21-35(37-28-47(27-36(34)37)22-7-8-23-47)32-12-9-13-33(26-32)49-42(53)40-15-11-25-52(40)44(55)57-46(4,5)6/h9,12-13,16-21,26,29,39-40H,7-8,10-11,14-15,22-25,27-28H2,1-6H3,(H,48,50)(H,49,53)/t39-,40+/m1/s1. The number of rotatable bonds is 6. The van der Waals surface area contributed by atoms with E-state index in [0.29, 0.717) is 24.9 Å². The molecule has 3 fully saturated rings. The minimum absolute atomic E-state index is 0.129. The maximum atomic E-state index is 13.6. The molecule has 1 spiro atoms. The molecule has 8 rings (SSSR count). The molecular weight excluding hydrogens is 715 g/mol. The Morgan fingerprint density at radius 2 is 1.33 bits per heavy atom. The molecule has 1 saturated carbocycles. The van der Waals surface area contributed by atoms with Crippen molar-refractivity contribution in [1.29, 1.82) is 0 Å². The highest BCUT2D eigenvalue weighted by Crippen LogP contribution is 2.53. The summed E-state index contributed by atoms with van der Waals surface area (Å²) in [7, 11) is 0. The molecule has 3 amide bonds. The van der Waals surface area contributed by atoms with E-state index in [1.54, 1.807) is 9.80 Å². The van der Waals surface area contributed by atoms with E-state index < -0.39 is 23.3 Å². The van der Waals surface area contributed by atoms with Crippen molar-refractivity contribution in [3.8, 4) is 33.5 Å². The number of hydrogen-bond donors (Lipinski definition) is 2. The number of amides is 3. The lowest BCUT2D eigenvalue weighted by molar-refractivity contribution is -0.120. The number of carbonyl (C=O) groups is 3. The number of aromatic nitrogens is 2. The van der Waals surface area contributed by atoms with Gasteiger partial charge >= 0.3 is 12.2 Å². The van der Waals surface area contributed by atoms with E-state index in [4.69, 9.17) is 14.5 Å². The summed E-state index contributed by atoms with van der Waals surface area (Å²) in [4.78, 5) is 51.0. The predicted molar refractivity (Wildman–Crippen MR) is 223 cm³/mol. The molecule has 2 saturated heterocycles. The second-order valence-electron chi connectivity index (χ2n) is 18.7. The van der Waals surface area contributed by atoms with Gasteiger partial charge in [0, 0.05) is 18.8 Å². The fourth-order valence-corrected chi connectivity index (χ4v) is 9.57. The number of nitrogens with one attached hydrogen (secondary N) is 2. The Hall–Kier alpha value is -5.12. The van der Waals surface area contributed by atoms with Crippen LogP contribution in [0.3, 0.4) is 0 Å². The molecule has 2 N–H and O–H groups in total. The normalized spacial score (nSPS) is 20.2. The molecule has 3 heterocycles. The number of likely N-dealkylation sites (tertiary alicyclic amines) is 2. The SMILES string of the molecule is CC(C)(C)OC(=O)N1CCC[C@@H]1c1ncc(-c2ccc(-c3ccc(-c4cccc(NC(=O)[C@@H]5CCCN5C(=O)OC(C)(C)C)c4)c4c3CC3(CCCC3)C4)cc2)[nH]1. The number of ether oxygens (including phenoxy) is 2. The Labute approximate surface area is 336 Å². The Bertz CT molecular complexity index is 2150. The van der Waals surface area contributed by atoms with Gasteiger partial charge in [-0.3, -0.25) is 14.6 Å². The first-order valence-corrected chi connectivity index (χ1v) is 20.9. The van der Waals surface area contributed by atoms with Crippen LogP contribution >= 0.6 is 0 Å². The van der Waals surface area contributed by atoms with Gasteiger partial charge in [-0.1, -0.05) is 61.4 Å². The first kappa shape index (κ1) is 38.7. The van der Waals surface area contributed by atoms with Crippen molar-refractivity contribution >= 4 is 23.8 Å². The summed E-state index contributed by atoms with van der Waals surface area (Å²) in [5.41, 5.74) is 9.44. The smallest absolute Gasteiger partial charge is 0.410 e. The van der Waals surface area contributed by atoms with E-state index in [2.05, 4.69) is 58.8 Å². The molecule has 57 heavy (non-hydrogen) atoms. The molecule has 2 aliphatic heterocycles. The maximum Gasteiger partial charge on any atom is 0.410 e. The number of anilines is 1. The van der Waals surface area contributed by atoms with Gasteiger partial charge in [-0.25, -0.2) is 14.6 Å². The Morgan fingerprint density at radius 1 is 0.737 bits per heavy atom. The number of aromatic amines is 1. The zero-order chi connectivity index (χ0) is 40.1. The highest BCUT2D eigenvalue weighted by Gasteiger charge is 2.42. The van der Waals surface area contributed by atoms with Crippen LogP contribution in [0.4, 0.5) is 15.3 Å².